The molecule has 8 heteroatoms. The first-order valence-electron chi connectivity index (χ1n) is 3.96. The molecule has 0 radical (unpaired) electrons. The van der Waals surface area contributed by atoms with Crippen molar-refractivity contribution in [3.63, 3.8) is 0 Å². The van der Waals surface area contributed by atoms with Crippen molar-refractivity contribution in [3.8, 4) is 0 Å². The van der Waals surface area contributed by atoms with E-state index in [4.69, 9.17) is 15.4 Å². The molecule has 0 saturated carbocycles. The molecule has 1 heterocycles. The molecule has 1 saturated heterocycles. The molecule has 0 amide bonds. The second-order valence-corrected chi connectivity index (χ2v) is 2.92. The fraction of sp³-hybridized carbons (Fsp3) is 1.00. The third-order valence-corrected chi connectivity index (χ3v) is 2.05. The van der Waals surface area contributed by atoms with Crippen molar-refractivity contribution in [1.82, 2.24) is 0 Å². The minimum atomic E-state index is -1.53. The van der Waals surface area contributed by atoms with E-state index in [-0.39, 0.29) is 0 Å². The van der Waals surface area contributed by atoms with Gasteiger partial charge in [0.05, 0.1) is 12.7 Å². The third kappa shape index (κ3) is 1.95. The van der Waals surface area contributed by atoms with Crippen LogP contribution in [0.4, 0.5) is 0 Å². The van der Waals surface area contributed by atoms with Crippen LogP contribution in [0.3, 0.4) is 0 Å². The Morgan fingerprint density at radius 3 is 2.43 bits per heavy atom. The SMILES string of the molecule is [N-]=[N+]=N[C@@H]1[C@@H](O)[C@@H](O)[C@@H](CO)O[C@@H]1O. The lowest BCUT2D eigenvalue weighted by Gasteiger charge is -2.37. The Morgan fingerprint density at radius 1 is 1.29 bits per heavy atom. The molecule has 0 unspecified atom stereocenters. The van der Waals surface area contributed by atoms with Gasteiger partial charge in [0.15, 0.2) is 6.29 Å². The summed E-state index contributed by atoms with van der Waals surface area (Å²) in [6.07, 6.45) is -5.45. The zero-order chi connectivity index (χ0) is 10.7. The molecule has 8 nitrogen and oxygen atoms in total. The lowest BCUT2D eigenvalue weighted by Crippen LogP contribution is -2.57. The predicted octanol–water partition coefficient (Wildman–Crippen LogP) is -1.90. The highest BCUT2D eigenvalue weighted by atomic mass is 16.6. The van der Waals surface area contributed by atoms with Gasteiger partial charge in [0, 0.05) is 4.91 Å². The molecule has 1 aliphatic heterocycles. The maximum absolute atomic E-state index is 9.37. The van der Waals surface area contributed by atoms with Crippen molar-refractivity contribution in [2.45, 2.75) is 30.6 Å². The van der Waals surface area contributed by atoms with E-state index in [1.807, 2.05) is 0 Å². The van der Waals surface area contributed by atoms with Crippen LogP contribution in [0.2, 0.25) is 0 Å². The Morgan fingerprint density at radius 2 is 1.93 bits per heavy atom. The van der Waals surface area contributed by atoms with E-state index in [1.54, 1.807) is 0 Å². The summed E-state index contributed by atoms with van der Waals surface area (Å²) in [5, 5.41) is 39.7. The monoisotopic (exact) mass is 205 g/mol. The summed E-state index contributed by atoms with van der Waals surface area (Å²) in [4.78, 5) is 2.40. The number of hydrogen-bond acceptors (Lipinski definition) is 6. The van der Waals surface area contributed by atoms with Crippen LogP contribution in [0.15, 0.2) is 5.11 Å². The molecule has 1 rings (SSSR count). The average molecular weight is 205 g/mol. The first-order chi connectivity index (χ1) is 6.61. The number of azide groups is 1. The molecule has 0 aliphatic carbocycles. The molecule has 5 atom stereocenters. The Kier molecular flexibility index (Phi) is 3.64. The van der Waals surface area contributed by atoms with Gasteiger partial charge in [0.2, 0.25) is 0 Å². The second kappa shape index (κ2) is 4.56. The Hall–Kier alpha value is -0.890. The fourth-order valence-corrected chi connectivity index (χ4v) is 1.27. The van der Waals surface area contributed by atoms with Gasteiger partial charge >= 0.3 is 0 Å². The minimum absolute atomic E-state index is 0.543. The summed E-state index contributed by atoms with van der Waals surface area (Å²) in [5.41, 5.74) is 8.11. The van der Waals surface area contributed by atoms with Gasteiger partial charge in [-0.2, -0.15) is 0 Å². The fourth-order valence-electron chi connectivity index (χ4n) is 1.27. The summed E-state index contributed by atoms with van der Waals surface area (Å²) in [5.74, 6) is 0. The van der Waals surface area contributed by atoms with Crippen LogP contribution >= 0.6 is 0 Å². The van der Waals surface area contributed by atoms with E-state index < -0.39 is 37.3 Å². The quantitative estimate of drug-likeness (QED) is 0.237. The molecule has 0 aromatic heterocycles. The van der Waals surface area contributed by atoms with Crippen LogP contribution in [0, 0.1) is 0 Å². The number of rotatable bonds is 2. The topological polar surface area (TPSA) is 139 Å². The summed E-state index contributed by atoms with van der Waals surface area (Å²) < 4.78 is 4.71. The molecule has 0 bridgehead atoms. The van der Waals surface area contributed by atoms with Crippen LogP contribution in [0.5, 0.6) is 0 Å². The van der Waals surface area contributed by atoms with Crippen molar-refractivity contribution in [3.05, 3.63) is 10.4 Å². The van der Waals surface area contributed by atoms with E-state index in [0.717, 1.165) is 0 Å². The highest BCUT2D eigenvalue weighted by molar-refractivity contribution is 4.92. The summed E-state index contributed by atoms with van der Waals surface area (Å²) in [6.45, 7) is -0.543. The molecule has 14 heavy (non-hydrogen) atoms. The van der Waals surface area contributed by atoms with Crippen molar-refractivity contribution in [1.29, 1.82) is 0 Å². The normalized spacial score (nSPS) is 43.0. The van der Waals surface area contributed by atoms with Gasteiger partial charge in [-0.15, -0.1) is 0 Å². The van der Waals surface area contributed by atoms with E-state index in [1.165, 1.54) is 0 Å². The van der Waals surface area contributed by atoms with Crippen molar-refractivity contribution >= 4 is 0 Å². The van der Waals surface area contributed by atoms with Crippen LogP contribution < -0.4 is 0 Å². The summed E-state index contributed by atoms with van der Waals surface area (Å²) in [6, 6.07) is -1.27. The van der Waals surface area contributed by atoms with E-state index in [0.29, 0.717) is 0 Å². The molecule has 1 aliphatic rings. The minimum Gasteiger partial charge on any atom is -0.394 e. The lowest BCUT2D eigenvalue weighted by atomic mass is 9.98. The maximum atomic E-state index is 9.37. The summed E-state index contributed by atoms with van der Waals surface area (Å²) >= 11 is 0. The van der Waals surface area contributed by atoms with E-state index in [9.17, 15) is 15.3 Å². The standard InChI is InChI=1S/C6H11N3O5/c7-9-8-3-5(12)4(11)2(1-10)14-6(3)13/h2-6,10-13H,1H2/t2-,3-,4+,5-,6+/m1/s1. The Labute approximate surface area is 79.0 Å². The van der Waals surface area contributed by atoms with Crippen LogP contribution in [0.25, 0.3) is 10.4 Å². The largest absolute Gasteiger partial charge is 0.394 e. The number of hydrogen-bond donors (Lipinski definition) is 4. The van der Waals surface area contributed by atoms with Crippen LogP contribution in [0.1, 0.15) is 0 Å². The third-order valence-electron chi connectivity index (χ3n) is 2.05. The van der Waals surface area contributed by atoms with Crippen molar-refractivity contribution in [2.24, 2.45) is 5.11 Å². The maximum Gasteiger partial charge on any atom is 0.166 e. The first-order valence-corrected chi connectivity index (χ1v) is 3.96. The summed E-state index contributed by atoms with van der Waals surface area (Å²) in [7, 11) is 0. The second-order valence-electron chi connectivity index (χ2n) is 2.92. The van der Waals surface area contributed by atoms with Gasteiger partial charge in [-0.1, -0.05) is 5.11 Å². The zero-order valence-corrected chi connectivity index (χ0v) is 7.13. The molecule has 0 spiro atoms. The predicted molar refractivity (Wildman–Crippen MR) is 42.9 cm³/mol. The van der Waals surface area contributed by atoms with Gasteiger partial charge < -0.3 is 25.2 Å². The van der Waals surface area contributed by atoms with Crippen LogP contribution in [-0.4, -0.2) is 57.7 Å². The number of aliphatic hydroxyl groups is 4. The number of nitrogens with zero attached hydrogens (tertiary/aromatic N) is 3. The zero-order valence-electron chi connectivity index (χ0n) is 7.13. The van der Waals surface area contributed by atoms with Gasteiger partial charge in [-0.25, -0.2) is 0 Å². The smallest absolute Gasteiger partial charge is 0.166 e. The van der Waals surface area contributed by atoms with Gasteiger partial charge in [-0.3, -0.25) is 0 Å². The average Bonchev–Trinajstić information content (AvgIpc) is 2.18. The van der Waals surface area contributed by atoms with E-state index in [2.05, 4.69) is 10.0 Å². The van der Waals surface area contributed by atoms with Crippen LogP contribution in [-0.2, 0) is 4.74 Å². The molecular formula is C6H11N3O5. The van der Waals surface area contributed by atoms with E-state index >= 15 is 0 Å². The lowest BCUT2D eigenvalue weighted by molar-refractivity contribution is -0.248. The molecule has 1 fully saturated rings. The molecular weight excluding hydrogens is 194 g/mol. The molecule has 0 aromatic carbocycles. The number of ether oxygens (including phenoxy) is 1. The number of aliphatic hydroxyl groups excluding tert-OH is 4. The Balaban J connectivity index is 2.78. The van der Waals surface area contributed by atoms with Gasteiger partial charge in [-0.05, 0) is 5.53 Å². The molecule has 0 aromatic rings. The Bertz CT molecular complexity index is 244. The van der Waals surface area contributed by atoms with Gasteiger partial charge in [0.25, 0.3) is 0 Å². The molecule has 80 valence electrons. The highest BCUT2D eigenvalue weighted by Gasteiger charge is 2.43. The molecule has 4 N–H and O–H groups in total. The highest BCUT2D eigenvalue weighted by Crippen LogP contribution is 2.21. The van der Waals surface area contributed by atoms with Gasteiger partial charge in [0.1, 0.15) is 18.2 Å². The van der Waals surface area contributed by atoms with Crippen molar-refractivity contribution < 1.29 is 25.2 Å². The first kappa shape index (κ1) is 11.2. The van der Waals surface area contributed by atoms with Crippen molar-refractivity contribution in [2.75, 3.05) is 6.61 Å².